The maximum Gasteiger partial charge on any atom is 0.182 e. The van der Waals surface area contributed by atoms with Crippen LogP contribution in [0.3, 0.4) is 0 Å². The van der Waals surface area contributed by atoms with E-state index >= 15 is 0 Å². The zero-order valence-electron chi connectivity index (χ0n) is 18.9. The second-order valence-corrected chi connectivity index (χ2v) is 7.61. The zero-order valence-corrected chi connectivity index (χ0v) is 18.9. The lowest BCUT2D eigenvalue weighted by atomic mass is 9.65. The van der Waals surface area contributed by atoms with Gasteiger partial charge in [0, 0.05) is 17.2 Å². The van der Waals surface area contributed by atoms with E-state index in [0.29, 0.717) is 17.1 Å². The van der Waals surface area contributed by atoms with Crippen LogP contribution < -0.4 is 14.2 Å². The van der Waals surface area contributed by atoms with Crippen molar-refractivity contribution in [1.29, 1.82) is 0 Å². The average molecular weight is 439 g/mol. The van der Waals surface area contributed by atoms with Crippen LogP contribution in [-0.4, -0.2) is 27.1 Å². The van der Waals surface area contributed by atoms with E-state index in [2.05, 4.69) is 0 Å². The number of carbonyl (C=O) groups excluding carboxylic acids is 1. The molecule has 0 saturated heterocycles. The Hall–Kier alpha value is -4.05. The molecule has 0 aliphatic rings. The molecule has 4 aromatic carbocycles. The molecular weight excluding hydrogens is 412 g/mol. The third kappa shape index (κ3) is 3.96. The Morgan fingerprint density at radius 2 is 1.15 bits per heavy atom. The minimum absolute atomic E-state index is 0.0528. The Kier molecular flexibility index (Phi) is 6.45. The van der Waals surface area contributed by atoms with Crippen molar-refractivity contribution in [3.05, 3.63) is 125 Å². The largest absolute Gasteiger partial charge is 0.497 e. The maximum atomic E-state index is 14.5. The molecule has 0 aliphatic carbocycles. The van der Waals surface area contributed by atoms with Gasteiger partial charge in [-0.2, -0.15) is 0 Å². The fraction of sp³-hybridized carbons (Fsp3) is 0.138. The smallest absolute Gasteiger partial charge is 0.182 e. The third-order valence-electron chi connectivity index (χ3n) is 5.92. The molecule has 1 unspecified atom stereocenters. The van der Waals surface area contributed by atoms with E-state index in [9.17, 15) is 4.79 Å². The summed E-state index contributed by atoms with van der Waals surface area (Å²) in [5.74, 6) is 1.88. The third-order valence-corrected chi connectivity index (χ3v) is 5.92. The zero-order chi connectivity index (χ0) is 23.3. The van der Waals surface area contributed by atoms with Crippen molar-refractivity contribution in [1.82, 2.24) is 0 Å². The van der Waals surface area contributed by atoms with Crippen molar-refractivity contribution in [2.75, 3.05) is 21.3 Å². The van der Waals surface area contributed by atoms with Crippen LogP contribution in [0, 0.1) is 0 Å². The first-order valence-electron chi connectivity index (χ1n) is 10.7. The second kappa shape index (κ2) is 9.61. The van der Waals surface area contributed by atoms with E-state index in [1.807, 2.05) is 103 Å². The minimum atomic E-state index is -1.16. The van der Waals surface area contributed by atoms with E-state index in [1.165, 1.54) is 0 Å². The van der Waals surface area contributed by atoms with Gasteiger partial charge in [-0.05, 0) is 35.4 Å². The Labute approximate surface area is 194 Å². The van der Waals surface area contributed by atoms with Gasteiger partial charge in [0.25, 0.3) is 0 Å². The average Bonchev–Trinajstić information content (AvgIpc) is 2.90. The van der Waals surface area contributed by atoms with Gasteiger partial charge in [0.15, 0.2) is 5.78 Å². The van der Waals surface area contributed by atoms with Gasteiger partial charge >= 0.3 is 0 Å². The van der Waals surface area contributed by atoms with Gasteiger partial charge in [-0.1, -0.05) is 72.8 Å². The summed E-state index contributed by atoms with van der Waals surface area (Å²) >= 11 is 0. The first-order valence-corrected chi connectivity index (χ1v) is 10.7. The number of benzene rings is 4. The van der Waals surface area contributed by atoms with Gasteiger partial charge in [0.05, 0.1) is 21.3 Å². The fourth-order valence-corrected chi connectivity index (χ4v) is 4.31. The summed E-state index contributed by atoms with van der Waals surface area (Å²) in [6.45, 7) is 0. The molecule has 0 radical (unpaired) electrons. The molecule has 0 heterocycles. The van der Waals surface area contributed by atoms with E-state index in [1.54, 1.807) is 21.3 Å². The van der Waals surface area contributed by atoms with E-state index < -0.39 is 5.41 Å². The van der Waals surface area contributed by atoms with Crippen LogP contribution in [0.15, 0.2) is 103 Å². The number of hydrogen-bond acceptors (Lipinski definition) is 4. The van der Waals surface area contributed by atoms with Crippen molar-refractivity contribution in [3.63, 3.8) is 0 Å². The fourth-order valence-electron chi connectivity index (χ4n) is 4.31. The van der Waals surface area contributed by atoms with Crippen LogP contribution in [0.5, 0.6) is 17.2 Å². The molecule has 0 amide bonds. The Morgan fingerprint density at radius 3 is 1.73 bits per heavy atom. The first-order chi connectivity index (χ1) is 16.1. The summed E-state index contributed by atoms with van der Waals surface area (Å²) in [7, 11) is 4.84. The lowest BCUT2D eigenvalue weighted by Gasteiger charge is -2.35. The summed E-state index contributed by atoms with van der Waals surface area (Å²) in [6.07, 6.45) is 0. The van der Waals surface area contributed by atoms with Crippen LogP contribution in [0.25, 0.3) is 0 Å². The van der Waals surface area contributed by atoms with Crippen molar-refractivity contribution < 1.29 is 19.0 Å². The van der Waals surface area contributed by atoms with E-state index in [4.69, 9.17) is 14.2 Å². The molecule has 0 fully saturated rings. The molecular formula is C29H26O4. The number of methoxy groups -OCH3 is 3. The molecule has 166 valence electrons. The summed E-state index contributed by atoms with van der Waals surface area (Å²) < 4.78 is 16.6. The lowest BCUT2D eigenvalue weighted by Crippen LogP contribution is -2.39. The summed E-state index contributed by atoms with van der Waals surface area (Å²) in [6, 6.07) is 32.4. The molecule has 33 heavy (non-hydrogen) atoms. The molecule has 0 spiro atoms. The highest BCUT2D eigenvalue weighted by molar-refractivity contribution is 6.09. The molecule has 0 N–H and O–H groups in total. The van der Waals surface area contributed by atoms with Crippen LogP contribution in [0.1, 0.15) is 27.0 Å². The van der Waals surface area contributed by atoms with E-state index in [-0.39, 0.29) is 5.78 Å². The van der Waals surface area contributed by atoms with Crippen LogP contribution in [0.4, 0.5) is 0 Å². The summed E-state index contributed by atoms with van der Waals surface area (Å²) in [5.41, 5.74) is 1.83. The maximum absolute atomic E-state index is 14.5. The standard InChI is InChI=1S/C29H26O4/c1-31-24-16-14-23(15-17-24)29(22-12-8-5-9-13-22,28(30)21-10-6-4-7-11-21)26-19-18-25(32-2)20-27(26)33-3/h4-20H,1-3H3. The Bertz CT molecular complexity index is 1220. The molecule has 0 bridgehead atoms. The van der Waals surface area contributed by atoms with E-state index in [0.717, 1.165) is 22.4 Å². The predicted octanol–water partition coefficient (Wildman–Crippen LogP) is 5.93. The number of ether oxygens (including phenoxy) is 3. The van der Waals surface area contributed by atoms with Gasteiger partial charge in [0.2, 0.25) is 0 Å². The van der Waals surface area contributed by atoms with Crippen LogP contribution in [-0.2, 0) is 5.41 Å². The van der Waals surface area contributed by atoms with Gasteiger partial charge in [-0.3, -0.25) is 4.79 Å². The van der Waals surface area contributed by atoms with Crippen LogP contribution in [0.2, 0.25) is 0 Å². The molecule has 1 atom stereocenters. The van der Waals surface area contributed by atoms with Gasteiger partial charge in [0.1, 0.15) is 22.7 Å². The number of carbonyl (C=O) groups is 1. The first kappa shape index (κ1) is 22.2. The number of ketones is 1. The van der Waals surface area contributed by atoms with Gasteiger partial charge in [-0.25, -0.2) is 0 Å². The summed E-state index contributed by atoms with van der Waals surface area (Å²) in [4.78, 5) is 14.5. The highest BCUT2D eigenvalue weighted by atomic mass is 16.5. The molecule has 4 nitrogen and oxygen atoms in total. The van der Waals surface area contributed by atoms with Crippen molar-refractivity contribution in [2.45, 2.75) is 5.41 Å². The monoisotopic (exact) mass is 438 g/mol. The van der Waals surface area contributed by atoms with Crippen LogP contribution >= 0.6 is 0 Å². The number of Topliss-reactive ketones (excluding diaryl/α,β-unsaturated/α-hetero) is 1. The van der Waals surface area contributed by atoms with Crippen molar-refractivity contribution >= 4 is 5.78 Å². The minimum Gasteiger partial charge on any atom is -0.497 e. The molecule has 4 rings (SSSR count). The lowest BCUT2D eigenvalue weighted by molar-refractivity contribution is 0.0933. The highest BCUT2D eigenvalue weighted by Gasteiger charge is 2.46. The predicted molar refractivity (Wildman–Crippen MR) is 130 cm³/mol. The van der Waals surface area contributed by atoms with Gasteiger partial charge in [-0.15, -0.1) is 0 Å². The molecule has 0 aliphatic heterocycles. The SMILES string of the molecule is COc1ccc(C(C(=O)c2ccccc2)(c2ccccc2)c2ccc(OC)cc2OC)cc1. The Balaban J connectivity index is 2.12. The van der Waals surface area contributed by atoms with Crippen molar-refractivity contribution in [2.24, 2.45) is 0 Å². The molecule has 4 heteroatoms. The normalized spacial score (nSPS) is 12.5. The topological polar surface area (TPSA) is 44.8 Å². The highest BCUT2D eigenvalue weighted by Crippen LogP contribution is 2.47. The molecule has 4 aromatic rings. The van der Waals surface area contributed by atoms with Crippen molar-refractivity contribution in [3.8, 4) is 17.2 Å². The molecule has 0 saturated carbocycles. The number of hydrogen-bond donors (Lipinski definition) is 0. The molecule has 0 aromatic heterocycles. The quantitative estimate of drug-likeness (QED) is 0.253. The van der Waals surface area contributed by atoms with Gasteiger partial charge < -0.3 is 14.2 Å². The Morgan fingerprint density at radius 1 is 0.606 bits per heavy atom. The summed E-state index contributed by atoms with van der Waals surface area (Å²) in [5, 5.41) is 0. The number of rotatable bonds is 8. The second-order valence-electron chi connectivity index (χ2n) is 7.61.